The molecule has 1 heterocycles. The fraction of sp³-hybridized carbons (Fsp3) is 0.615. The third-order valence-corrected chi connectivity index (χ3v) is 3.12. The zero-order valence-electron chi connectivity index (χ0n) is 9.76. The van der Waals surface area contributed by atoms with Gasteiger partial charge >= 0.3 is 0 Å². The fourth-order valence-corrected chi connectivity index (χ4v) is 2.02. The number of nitrogens with zero attached hydrogens (tertiary/aromatic N) is 1. The molecule has 2 atom stereocenters. The minimum atomic E-state index is 0.175. The first kappa shape index (κ1) is 11.6. The average molecular weight is 220 g/mol. The molecular formula is C13H20N2O. The molecule has 1 aliphatic rings. The van der Waals surface area contributed by atoms with E-state index in [4.69, 9.17) is 5.11 Å². The Bertz CT molecular complexity index is 311. The third-order valence-electron chi connectivity index (χ3n) is 3.12. The van der Waals surface area contributed by atoms with Crippen molar-refractivity contribution in [3.8, 4) is 0 Å². The van der Waals surface area contributed by atoms with Gasteiger partial charge in [-0.05, 0) is 37.8 Å². The summed E-state index contributed by atoms with van der Waals surface area (Å²) in [6.07, 6.45) is 5.43. The van der Waals surface area contributed by atoms with Gasteiger partial charge in [0.2, 0.25) is 0 Å². The Morgan fingerprint density at radius 3 is 2.88 bits per heavy atom. The summed E-state index contributed by atoms with van der Waals surface area (Å²) in [6.45, 7) is 2.22. The summed E-state index contributed by atoms with van der Waals surface area (Å²) < 4.78 is 0. The molecule has 1 fully saturated rings. The monoisotopic (exact) mass is 220 g/mol. The van der Waals surface area contributed by atoms with Gasteiger partial charge in [0, 0.05) is 30.4 Å². The standard InChI is InChI=1S/C13H20N2O/c1-10(9-16)15-13(11-5-6-11)8-12-4-2-3-7-14-12/h2-4,7,10-11,13,15-16H,5-6,8-9H2,1H3. The number of hydrogen-bond acceptors (Lipinski definition) is 3. The van der Waals surface area contributed by atoms with E-state index in [1.54, 1.807) is 0 Å². The van der Waals surface area contributed by atoms with E-state index in [-0.39, 0.29) is 12.6 Å². The van der Waals surface area contributed by atoms with Crippen LogP contribution in [-0.4, -0.2) is 28.8 Å². The molecule has 0 aromatic carbocycles. The highest BCUT2D eigenvalue weighted by Crippen LogP contribution is 2.34. The van der Waals surface area contributed by atoms with Crippen LogP contribution >= 0.6 is 0 Å². The number of aromatic nitrogens is 1. The first-order valence-corrected chi connectivity index (χ1v) is 6.06. The highest BCUT2D eigenvalue weighted by Gasteiger charge is 2.31. The first-order valence-electron chi connectivity index (χ1n) is 6.06. The highest BCUT2D eigenvalue weighted by atomic mass is 16.3. The summed E-state index contributed by atoms with van der Waals surface area (Å²) in [5.74, 6) is 0.774. The van der Waals surface area contributed by atoms with Crippen LogP contribution in [0.5, 0.6) is 0 Å². The van der Waals surface area contributed by atoms with Crippen LogP contribution in [0.25, 0.3) is 0 Å². The molecule has 1 aliphatic carbocycles. The van der Waals surface area contributed by atoms with Crippen LogP contribution in [0.1, 0.15) is 25.5 Å². The number of hydrogen-bond donors (Lipinski definition) is 2. The predicted molar refractivity (Wildman–Crippen MR) is 64.1 cm³/mol. The third kappa shape index (κ3) is 3.29. The second-order valence-electron chi connectivity index (χ2n) is 4.72. The second-order valence-corrected chi connectivity index (χ2v) is 4.72. The lowest BCUT2D eigenvalue weighted by Crippen LogP contribution is -2.41. The van der Waals surface area contributed by atoms with Crippen molar-refractivity contribution in [2.24, 2.45) is 5.92 Å². The molecule has 0 bridgehead atoms. The lowest BCUT2D eigenvalue weighted by atomic mass is 10.1. The van der Waals surface area contributed by atoms with Crippen LogP contribution in [0.15, 0.2) is 24.4 Å². The van der Waals surface area contributed by atoms with E-state index < -0.39 is 0 Å². The van der Waals surface area contributed by atoms with Crippen molar-refractivity contribution in [1.29, 1.82) is 0 Å². The van der Waals surface area contributed by atoms with Gasteiger partial charge in [0.25, 0.3) is 0 Å². The van der Waals surface area contributed by atoms with Gasteiger partial charge in [-0.3, -0.25) is 4.98 Å². The Hall–Kier alpha value is -0.930. The minimum Gasteiger partial charge on any atom is -0.395 e. The lowest BCUT2D eigenvalue weighted by Gasteiger charge is -2.21. The summed E-state index contributed by atoms with van der Waals surface area (Å²) >= 11 is 0. The Morgan fingerprint density at radius 2 is 2.31 bits per heavy atom. The summed E-state index contributed by atoms with van der Waals surface area (Å²) in [5.41, 5.74) is 1.14. The van der Waals surface area contributed by atoms with Gasteiger partial charge in [0.05, 0.1) is 6.61 Å². The van der Waals surface area contributed by atoms with Crippen molar-refractivity contribution in [3.63, 3.8) is 0 Å². The molecule has 2 N–H and O–H groups in total. The highest BCUT2D eigenvalue weighted by molar-refractivity contribution is 5.07. The maximum Gasteiger partial charge on any atom is 0.0582 e. The molecule has 1 aromatic rings. The molecule has 2 unspecified atom stereocenters. The molecular weight excluding hydrogens is 200 g/mol. The molecule has 0 aliphatic heterocycles. The zero-order valence-corrected chi connectivity index (χ0v) is 9.76. The predicted octanol–water partition coefficient (Wildman–Crippen LogP) is 1.37. The van der Waals surface area contributed by atoms with Crippen LogP contribution in [0.2, 0.25) is 0 Å². The van der Waals surface area contributed by atoms with Gasteiger partial charge in [-0.1, -0.05) is 6.07 Å². The van der Waals surface area contributed by atoms with Crippen LogP contribution < -0.4 is 5.32 Å². The Morgan fingerprint density at radius 1 is 1.50 bits per heavy atom. The molecule has 3 heteroatoms. The molecule has 0 spiro atoms. The molecule has 88 valence electrons. The van der Waals surface area contributed by atoms with Crippen molar-refractivity contribution < 1.29 is 5.11 Å². The molecule has 16 heavy (non-hydrogen) atoms. The van der Waals surface area contributed by atoms with Crippen LogP contribution in [0.4, 0.5) is 0 Å². The fourth-order valence-electron chi connectivity index (χ4n) is 2.02. The van der Waals surface area contributed by atoms with Crippen molar-refractivity contribution in [2.45, 2.75) is 38.3 Å². The zero-order chi connectivity index (χ0) is 11.4. The van der Waals surface area contributed by atoms with E-state index in [0.29, 0.717) is 6.04 Å². The number of rotatable bonds is 6. The Balaban J connectivity index is 1.92. The van der Waals surface area contributed by atoms with Crippen molar-refractivity contribution >= 4 is 0 Å². The van der Waals surface area contributed by atoms with E-state index in [0.717, 1.165) is 18.0 Å². The van der Waals surface area contributed by atoms with Crippen molar-refractivity contribution in [2.75, 3.05) is 6.61 Å². The molecule has 0 saturated heterocycles. The maximum atomic E-state index is 9.07. The van der Waals surface area contributed by atoms with E-state index >= 15 is 0 Å². The smallest absolute Gasteiger partial charge is 0.0582 e. The number of aliphatic hydroxyl groups is 1. The largest absolute Gasteiger partial charge is 0.395 e. The molecule has 0 radical (unpaired) electrons. The molecule has 0 amide bonds. The molecule has 3 nitrogen and oxygen atoms in total. The summed E-state index contributed by atoms with van der Waals surface area (Å²) in [5, 5.41) is 12.6. The second kappa shape index (κ2) is 5.41. The van der Waals surface area contributed by atoms with Crippen LogP contribution in [0, 0.1) is 5.92 Å². The SMILES string of the molecule is CC(CO)NC(Cc1ccccn1)C1CC1. The molecule has 1 saturated carbocycles. The van der Waals surface area contributed by atoms with E-state index in [2.05, 4.69) is 16.4 Å². The Kier molecular flexibility index (Phi) is 3.91. The normalized spacial score (nSPS) is 19.4. The lowest BCUT2D eigenvalue weighted by molar-refractivity contribution is 0.235. The van der Waals surface area contributed by atoms with Crippen molar-refractivity contribution in [3.05, 3.63) is 30.1 Å². The van der Waals surface area contributed by atoms with E-state index in [9.17, 15) is 0 Å². The summed E-state index contributed by atoms with van der Waals surface area (Å²) in [7, 11) is 0. The summed E-state index contributed by atoms with van der Waals surface area (Å²) in [6, 6.07) is 6.69. The van der Waals surface area contributed by atoms with Gasteiger partial charge < -0.3 is 10.4 Å². The van der Waals surface area contributed by atoms with Gasteiger partial charge in [-0.25, -0.2) is 0 Å². The van der Waals surface area contributed by atoms with E-state index in [1.165, 1.54) is 12.8 Å². The molecule has 1 aromatic heterocycles. The average Bonchev–Trinajstić information content (AvgIpc) is 3.13. The van der Waals surface area contributed by atoms with Crippen LogP contribution in [0.3, 0.4) is 0 Å². The quantitative estimate of drug-likeness (QED) is 0.761. The minimum absolute atomic E-state index is 0.175. The Labute approximate surface area is 96.9 Å². The van der Waals surface area contributed by atoms with E-state index in [1.807, 2.05) is 25.3 Å². The topological polar surface area (TPSA) is 45.1 Å². The number of aliphatic hydroxyl groups excluding tert-OH is 1. The number of pyridine rings is 1. The van der Waals surface area contributed by atoms with Gasteiger partial charge in [-0.2, -0.15) is 0 Å². The van der Waals surface area contributed by atoms with Gasteiger partial charge in [-0.15, -0.1) is 0 Å². The number of nitrogens with one attached hydrogen (secondary N) is 1. The maximum absolute atomic E-state index is 9.07. The van der Waals surface area contributed by atoms with Crippen molar-refractivity contribution in [1.82, 2.24) is 10.3 Å². The van der Waals surface area contributed by atoms with Crippen LogP contribution in [-0.2, 0) is 6.42 Å². The molecule has 2 rings (SSSR count). The summed E-state index contributed by atoms with van der Waals surface area (Å²) in [4.78, 5) is 4.36. The first-order chi connectivity index (χ1) is 7.79. The van der Waals surface area contributed by atoms with Gasteiger partial charge in [0.1, 0.15) is 0 Å². The van der Waals surface area contributed by atoms with Gasteiger partial charge in [0.15, 0.2) is 0 Å².